The SMILES string of the molecule is COc1ccc(-c2cc3ncn(CC(F)(F)F)c3c(O[C@H](C)C3CNC(=O)C3)n2)cc1OC. The average Bonchev–Trinajstić information content (AvgIpc) is 3.38. The van der Waals surface area contributed by atoms with E-state index >= 15 is 0 Å². The minimum absolute atomic E-state index is 0.0193. The standard InChI is InChI=1S/C22H23F3N4O4/c1-12(14-7-19(30)26-9-14)33-21-20-16(27-11-29(20)10-22(23,24)25)8-15(28-21)13-4-5-17(31-2)18(6-13)32-3/h4-6,8,11-12,14H,7,9-10H2,1-3H3,(H,26,30)/t12-,14?/m1/s1. The van der Waals surface area contributed by atoms with Crippen LogP contribution in [0.15, 0.2) is 30.6 Å². The molecule has 1 unspecified atom stereocenters. The zero-order valence-corrected chi connectivity index (χ0v) is 18.3. The highest BCUT2D eigenvalue weighted by Crippen LogP contribution is 2.36. The Morgan fingerprint density at radius 3 is 2.61 bits per heavy atom. The number of fused-ring (bicyclic) bond motifs is 1. The van der Waals surface area contributed by atoms with E-state index in [9.17, 15) is 18.0 Å². The van der Waals surface area contributed by atoms with Gasteiger partial charge in [0.15, 0.2) is 11.5 Å². The summed E-state index contributed by atoms with van der Waals surface area (Å²) >= 11 is 0. The molecule has 3 aromatic rings. The second-order valence-corrected chi connectivity index (χ2v) is 7.83. The fraction of sp³-hybridized carbons (Fsp3) is 0.409. The smallest absolute Gasteiger partial charge is 0.406 e. The number of nitrogens with one attached hydrogen (secondary N) is 1. The molecule has 2 atom stereocenters. The molecule has 4 rings (SSSR count). The summed E-state index contributed by atoms with van der Waals surface area (Å²) < 4.78 is 57.1. The maximum absolute atomic E-state index is 13.1. The third-order valence-corrected chi connectivity index (χ3v) is 5.56. The Morgan fingerprint density at radius 1 is 1.21 bits per heavy atom. The van der Waals surface area contributed by atoms with Gasteiger partial charge in [0.1, 0.15) is 18.2 Å². The van der Waals surface area contributed by atoms with Crippen molar-refractivity contribution >= 4 is 16.9 Å². The molecule has 1 aliphatic rings. The van der Waals surface area contributed by atoms with Gasteiger partial charge >= 0.3 is 6.18 Å². The lowest BCUT2D eigenvalue weighted by molar-refractivity contribution is -0.140. The molecule has 33 heavy (non-hydrogen) atoms. The molecule has 0 saturated carbocycles. The predicted octanol–water partition coefficient (Wildman–Crippen LogP) is 3.58. The van der Waals surface area contributed by atoms with Crippen LogP contribution in [0.5, 0.6) is 17.4 Å². The lowest BCUT2D eigenvalue weighted by Gasteiger charge is -2.20. The molecule has 0 bridgehead atoms. The van der Waals surface area contributed by atoms with Crippen LogP contribution in [-0.4, -0.2) is 53.5 Å². The number of imidazole rings is 1. The molecule has 176 valence electrons. The van der Waals surface area contributed by atoms with E-state index in [-0.39, 0.29) is 29.6 Å². The zero-order chi connectivity index (χ0) is 23.8. The van der Waals surface area contributed by atoms with Gasteiger partial charge in [0.25, 0.3) is 0 Å². The summed E-state index contributed by atoms with van der Waals surface area (Å²) in [6.45, 7) is 0.974. The second-order valence-electron chi connectivity index (χ2n) is 7.83. The number of hydrogen-bond donors (Lipinski definition) is 1. The van der Waals surface area contributed by atoms with E-state index in [1.165, 1.54) is 14.2 Å². The zero-order valence-electron chi connectivity index (χ0n) is 18.3. The molecule has 1 saturated heterocycles. The number of aromatic nitrogens is 3. The number of carbonyl (C=O) groups excluding carboxylic acids is 1. The predicted molar refractivity (Wildman–Crippen MR) is 113 cm³/mol. The first-order chi connectivity index (χ1) is 15.7. The van der Waals surface area contributed by atoms with Gasteiger partial charge in [0, 0.05) is 24.4 Å². The molecule has 11 heteroatoms. The highest BCUT2D eigenvalue weighted by atomic mass is 19.4. The number of amides is 1. The van der Waals surface area contributed by atoms with Gasteiger partial charge in [-0.05, 0) is 31.2 Å². The molecular weight excluding hydrogens is 441 g/mol. The number of halogens is 3. The number of pyridine rings is 1. The van der Waals surface area contributed by atoms with Crippen LogP contribution in [0.1, 0.15) is 13.3 Å². The van der Waals surface area contributed by atoms with Gasteiger partial charge in [-0.2, -0.15) is 13.2 Å². The number of carbonyl (C=O) groups is 1. The van der Waals surface area contributed by atoms with Crippen molar-refractivity contribution in [1.82, 2.24) is 19.9 Å². The highest BCUT2D eigenvalue weighted by molar-refractivity contribution is 5.85. The molecule has 8 nitrogen and oxygen atoms in total. The first-order valence-electron chi connectivity index (χ1n) is 10.3. The first-order valence-corrected chi connectivity index (χ1v) is 10.3. The molecule has 1 amide bonds. The minimum Gasteiger partial charge on any atom is -0.493 e. The number of nitrogens with zero attached hydrogens (tertiary/aromatic N) is 3. The Hall–Kier alpha value is -3.50. The van der Waals surface area contributed by atoms with Crippen molar-refractivity contribution in [2.75, 3.05) is 20.8 Å². The Bertz CT molecular complexity index is 1180. The summed E-state index contributed by atoms with van der Waals surface area (Å²) in [6, 6.07) is 6.78. The molecule has 1 fully saturated rings. The molecule has 1 aromatic carbocycles. The third-order valence-electron chi connectivity index (χ3n) is 5.56. The van der Waals surface area contributed by atoms with Crippen molar-refractivity contribution in [2.45, 2.75) is 32.2 Å². The Balaban J connectivity index is 1.79. The summed E-state index contributed by atoms with van der Waals surface area (Å²) in [5.74, 6) is 0.810. The van der Waals surface area contributed by atoms with Crippen molar-refractivity contribution < 1.29 is 32.2 Å². The summed E-state index contributed by atoms with van der Waals surface area (Å²) in [7, 11) is 3.02. The maximum atomic E-state index is 13.1. The molecule has 2 aromatic heterocycles. The first kappa shape index (κ1) is 22.7. The maximum Gasteiger partial charge on any atom is 0.406 e. The fourth-order valence-electron chi connectivity index (χ4n) is 3.83. The van der Waals surface area contributed by atoms with Crippen LogP contribution in [0, 0.1) is 5.92 Å². The molecule has 0 spiro atoms. The highest BCUT2D eigenvalue weighted by Gasteiger charge is 2.32. The number of rotatable bonds is 7. The lowest BCUT2D eigenvalue weighted by Crippen LogP contribution is -2.26. The largest absolute Gasteiger partial charge is 0.493 e. The summed E-state index contributed by atoms with van der Waals surface area (Å²) in [5, 5.41) is 2.74. The summed E-state index contributed by atoms with van der Waals surface area (Å²) in [4.78, 5) is 20.3. The van der Waals surface area contributed by atoms with Crippen molar-refractivity contribution in [3.05, 3.63) is 30.6 Å². The van der Waals surface area contributed by atoms with Gasteiger partial charge in [-0.15, -0.1) is 0 Å². The van der Waals surface area contributed by atoms with E-state index in [1.807, 2.05) is 0 Å². The molecule has 1 aliphatic heterocycles. The van der Waals surface area contributed by atoms with Crippen LogP contribution in [0.2, 0.25) is 0 Å². The van der Waals surface area contributed by atoms with Crippen LogP contribution < -0.4 is 19.5 Å². The quantitative estimate of drug-likeness (QED) is 0.575. The minimum atomic E-state index is -4.44. The monoisotopic (exact) mass is 464 g/mol. The third kappa shape index (κ3) is 4.81. The van der Waals surface area contributed by atoms with Crippen molar-refractivity contribution in [2.24, 2.45) is 5.92 Å². The van der Waals surface area contributed by atoms with Crippen LogP contribution in [-0.2, 0) is 11.3 Å². The lowest BCUT2D eigenvalue weighted by atomic mass is 10.0. The number of benzene rings is 1. The number of methoxy groups -OCH3 is 2. The summed E-state index contributed by atoms with van der Waals surface area (Å²) in [5.41, 5.74) is 1.54. The van der Waals surface area contributed by atoms with Crippen LogP contribution in [0.25, 0.3) is 22.3 Å². The van der Waals surface area contributed by atoms with E-state index in [0.29, 0.717) is 34.8 Å². The Kier molecular flexibility index (Phi) is 6.05. The second kappa shape index (κ2) is 8.80. The van der Waals surface area contributed by atoms with Crippen LogP contribution >= 0.6 is 0 Å². The van der Waals surface area contributed by atoms with E-state index in [4.69, 9.17) is 14.2 Å². The Morgan fingerprint density at radius 2 is 1.97 bits per heavy atom. The summed E-state index contributed by atoms with van der Waals surface area (Å²) in [6.07, 6.45) is -3.51. The van der Waals surface area contributed by atoms with Gasteiger partial charge in [-0.3, -0.25) is 4.79 Å². The Labute approximate surface area is 187 Å². The van der Waals surface area contributed by atoms with Crippen molar-refractivity contribution in [1.29, 1.82) is 0 Å². The van der Waals surface area contributed by atoms with E-state index < -0.39 is 18.8 Å². The fourth-order valence-corrected chi connectivity index (χ4v) is 3.83. The van der Waals surface area contributed by atoms with Gasteiger partial charge < -0.3 is 24.1 Å². The van der Waals surface area contributed by atoms with Gasteiger partial charge in [-0.1, -0.05) is 0 Å². The molecule has 0 aliphatic carbocycles. The topological polar surface area (TPSA) is 87.5 Å². The van der Waals surface area contributed by atoms with Crippen molar-refractivity contribution in [3.8, 4) is 28.6 Å². The van der Waals surface area contributed by atoms with E-state index in [2.05, 4.69) is 15.3 Å². The number of alkyl halides is 3. The molecule has 1 N–H and O–H groups in total. The van der Waals surface area contributed by atoms with Crippen LogP contribution in [0.3, 0.4) is 0 Å². The van der Waals surface area contributed by atoms with Gasteiger partial charge in [0.2, 0.25) is 11.8 Å². The van der Waals surface area contributed by atoms with Gasteiger partial charge in [0.05, 0.1) is 31.8 Å². The van der Waals surface area contributed by atoms with E-state index in [1.54, 1.807) is 31.2 Å². The molecular formula is C22H23F3N4O4. The number of hydrogen-bond acceptors (Lipinski definition) is 6. The van der Waals surface area contributed by atoms with Crippen molar-refractivity contribution in [3.63, 3.8) is 0 Å². The molecule has 3 heterocycles. The van der Waals surface area contributed by atoms with E-state index in [0.717, 1.165) is 10.9 Å². The number of ether oxygens (including phenoxy) is 3. The normalized spacial score (nSPS) is 17.2. The molecule has 0 radical (unpaired) electrons. The average molecular weight is 464 g/mol. The van der Waals surface area contributed by atoms with Gasteiger partial charge in [-0.25, -0.2) is 9.97 Å². The van der Waals surface area contributed by atoms with Crippen LogP contribution in [0.4, 0.5) is 13.2 Å².